The zero-order valence-corrected chi connectivity index (χ0v) is 15.4. The molecule has 2 rings (SSSR count). The van der Waals surface area contributed by atoms with Gasteiger partial charge in [0.1, 0.15) is 0 Å². The lowest BCUT2D eigenvalue weighted by molar-refractivity contribution is -0.137. The van der Waals surface area contributed by atoms with Gasteiger partial charge in [-0.2, -0.15) is 13.2 Å². The van der Waals surface area contributed by atoms with Gasteiger partial charge in [-0.05, 0) is 44.3 Å². The second-order valence-corrected chi connectivity index (χ2v) is 6.55. The van der Waals surface area contributed by atoms with Crippen molar-refractivity contribution in [1.29, 1.82) is 0 Å². The quantitative estimate of drug-likeness (QED) is 0.614. The summed E-state index contributed by atoms with van der Waals surface area (Å²) in [6.45, 7) is 6.28. The summed E-state index contributed by atoms with van der Waals surface area (Å²) in [5.74, 6) is 0.592. The molecule has 5 nitrogen and oxygen atoms in total. The van der Waals surface area contributed by atoms with E-state index in [9.17, 15) is 13.2 Å². The average molecular weight is 371 g/mol. The Hall–Kier alpha value is -1.80. The number of nitrogens with one attached hydrogen (secondary N) is 2. The molecule has 8 heteroatoms. The number of likely N-dealkylation sites (N-methyl/N-ethyl adjacent to an activating group) is 1. The Bertz CT molecular complexity index is 588. The number of alkyl halides is 3. The van der Waals surface area contributed by atoms with Crippen LogP contribution in [0.1, 0.15) is 17.5 Å². The van der Waals surface area contributed by atoms with E-state index in [1.54, 1.807) is 13.1 Å². The first-order chi connectivity index (χ1) is 12.4. The molecule has 0 unspecified atom stereocenters. The summed E-state index contributed by atoms with van der Waals surface area (Å²) >= 11 is 0. The summed E-state index contributed by atoms with van der Waals surface area (Å²) in [6, 6.07) is 5.33. The molecule has 0 saturated carbocycles. The fraction of sp³-hybridized carbons (Fsp3) is 0.611. The van der Waals surface area contributed by atoms with E-state index in [1.165, 1.54) is 12.5 Å². The molecule has 1 fully saturated rings. The molecule has 2 N–H and O–H groups in total. The highest BCUT2D eigenvalue weighted by Crippen LogP contribution is 2.29. The largest absolute Gasteiger partial charge is 0.416 e. The molecule has 1 aliphatic rings. The number of halogens is 3. The van der Waals surface area contributed by atoms with Crippen LogP contribution in [0.5, 0.6) is 0 Å². The van der Waals surface area contributed by atoms with Crippen molar-refractivity contribution < 1.29 is 13.2 Å². The highest BCUT2D eigenvalue weighted by atomic mass is 19.4. The minimum Gasteiger partial charge on any atom is -0.355 e. The molecule has 1 heterocycles. The third kappa shape index (κ3) is 6.84. The Balaban J connectivity index is 1.76. The highest BCUT2D eigenvalue weighted by molar-refractivity contribution is 5.79. The number of benzene rings is 1. The van der Waals surface area contributed by atoms with Gasteiger partial charge in [0, 0.05) is 39.8 Å². The molecule has 0 bridgehead atoms. The molecule has 0 aromatic heterocycles. The second kappa shape index (κ2) is 9.78. The lowest BCUT2D eigenvalue weighted by Crippen LogP contribution is -2.42. The predicted molar refractivity (Wildman–Crippen MR) is 98.2 cm³/mol. The second-order valence-electron chi connectivity index (χ2n) is 6.55. The Morgan fingerprint density at radius 1 is 1.15 bits per heavy atom. The van der Waals surface area contributed by atoms with Gasteiger partial charge in [0.25, 0.3) is 0 Å². The minimum absolute atomic E-state index is 0.290. The van der Waals surface area contributed by atoms with Crippen molar-refractivity contribution >= 4 is 5.96 Å². The van der Waals surface area contributed by atoms with E-state index in [-0.39, 0.29) is 6.54 Å². The highest BCUT2D eigenvalue weighted by Gasteiger charge is 2.30. The van der Waals surface area contributed by atoms with E-state index in [1.807, 2.05) is 0 Å². The van der Waals surface area contributed by atoms with Crippen LogP contribution in [0.3, 0.4) is 0 Å². The van der Waals surface area contributed by atoms with Gasteiger partial charge in [-0.1, -0.05) is 12.1 Å². The van der Waals surface area contributed by atoms with Crippen LogP contribution in [0.25, 0.3) is 0 Å². The van der Waals surface area contributed by atoms with Crippen LogP contribution in [0.2, 0.25) is 0 Å². The number of hydrogen-bond acceptors (Lipinski definition) is 3. The van der Waals surface area contributed by atoms with E-state index in [4.69, 9.17) is 0 Å². The zero-order chi connectivity index (χ0) is 19.0. The van der Waals surface area contributed by atoms with Crippen LogP contribution >= 0.6 is 0 Å². The zero-order valence-electron chi connectivity index (χ0n) is 15.4. The molecule has 0 amide bonds. The maximum Gasteiger partial charge on any atom is 0.416 e. The Morgan fingerprint density at radius 3 is 2.69 bits per heavy atom. The number of aliphatic imine (C=N–C) groups is 1. The van der Waals surface area contributed by atoms with Crippen LogP contribution in [0, 0.1) is 0 Å². The van der Waals surface area contributed by atoms with Crippen molar-refractivity contribution in [2.24, 2.45) is 4.99 Å². The van der Waals surface area contributed by atoms with Crippen molar-refractivity contribution in [2.75, 3.05) is 53.4 Å². The first-order valence-corrected chi connectivity index (χ1v) is 8.90. The van der Waals surface area contributed by atoms with Crippen LogP contribution in [0.4, 0.5) is 13.2 Å². The molecule has 0 atom stereocenters. The van der Waals surface area contributed by atoms with Crippen LogP contribution in [0.15, 0.2) is 29.3 Å². The van der Waals surface area contributed by atoms with Crippen molar-refractivity contribution in [3.05, 3.63) is 35.4 Å². The van der Waals surface area contributed by atoms with Gasteiger partial charge in [0.2, 0.25) is 0 Å². The first-order valence-electron chi connectivity index (χ1n) is 8.90. The molecule has 0 spiro atoms. The normalized spacial score (nSPS) is 17.8. The molecule has 1 aromatic rings. The average Bonchev–Trinajstić information content (AvgIpc) is 2.82. The first kappa shape index (κ1) is 20.5. The van der Waals surface area contributed by atoms with Gasteiger partial charge in [-0.15, -0.1) is 0 Å². The minimum atomic E-state index is -4.32. The fourth-order valence-electron chi connectivity index (χ4n) is 2.92. The third-order valence-corrected chi connectivity index (χ3v) is 4.47. The maximum absolute atomic E-state index is 12.8. The van der Waals surface area contributed by atoms with Gasteiger partial charge in [0.05, 0.1) is 5.56 Å². The van der Waals surface area contributed by atoms with Gasteiger partial charge in [0.15, 0.2) is 5.96 Å². The molecule has 1 aliphatic heterocycles. The molecular formula is C18H28F3N5. The summed E-state index contributed by atoms with van der Waals surface area (Å²) in [6.07, 6.45) is -3.16. The van der Waals surface area contributed by atoms with Gasteiger partial charge >= 0.3 is 6.18 Å². The standard InChI is InChI=1S/C18H28F3N5/c1-22-17(23-7-10-26-9-4-8-25(2)11-12-26)24-14-15-5-3-6-16(13-15)18(19,20)21/h3,5-6,13H,4,7-12,14H2,1-2H3,(H2,22,23,24). The molecule has 0 aliphatic carbocycles. The Labute approximate surface area is 153 Å². The molecular weight excluding hydrogens is 343 g/mol. The molecule has 1 aromatic carbocycles. The summed E-state index contributed by atoms with van der Waals surface area (Å²) in [7, 11) is 3.80. The van der Waals surface area contributed by atoms with Crippen molar-refractivity contribution in [1.82, 2.24) is 20.4 Å². The molecule has 26 heavy (non-hydrogen) atoms. The van der Waals surface area contributed by atoms with Crippen molar-refractivity contribution in [3.8, 4) is 0 Å². The lowest BCUT2D eigenvalue weighted by Gasteiger charge is -2.21. The fourth-order valence-corrected chi connectivity index (χ4v) is 2.92. The number of guanidine groups is 1. The molecule has 1 saturated heterocycles. The predicted octanol–water partition coefficient (Wildman–Crippen LogP) is 2.01. The van der Waals surface area contributed by atoms with Crippen molar-refractivity contribution in [3.63, 3.8) is 0 Å². The van der Waals surface area contributed by atoms with Gasteiger partial charge < -0.3 is 20.4 Å². The summed E-state index contributed by atoms with van der Waals surface area (Å²) in [5, 5.41) is 6.29. The smallest absolute Gasteiger partial charge is 0.355 e. The molecule has 146 valence electrons. The lowest BCUT2D eigenvalue weighted by atomic mass is 10.1. The SMILES string of the molecule is CN=C(NCCN1CCCN(C)CC1)NCc1cccc(C(F)(F)F)c1. The van der Waals surface area contributed by atoms with E-state index in [2.05, 4.69) is 32.5 Å². The van der Waals surface area contributed by atoms with E-state index in [0.29, 0.717) is 11.5 Å². The maximum atomic E-state index is 12.8. The van der Waals surface area contributed by atoms with Gasteiger partial charge in [-0.3, -0.25) is 4.99 Å². The van der Waals surface area contributed by atoms with Gasteiger partial charge in [-0.25, -0.2) is 0 Å². The third-order valence-electron chi connectivity index (χ3n) is 4.47. The topological polar surface area (TPSA) is 42.9 Å². The van der Waals surface area contributed by atoms with E-state index >= 15 is 0 Å². The van der Waals surface area contributed by atoms with Crippen molar-refractivity contribution in [2.45, 2.75) is 19.1 Å². The summed E-state index contributed by atoms with van der Waals surface area (Å²) < 4.78 is 38.3. The monoisotopic (exact) mass is 371 g/mol. The van der Waals surface area contributed by atoms with E-state index in [0.717, 1.165) is 51.4 Å². The summed E-state index contributed by atoms with van der Waals surface area (Å²) in [4.78, 5) is 8.88. The van der Waals surface area contributed by atoms with Crippen LogP contribution < -0.4 is 10.6 Å². The number of nitrogens with zero attached hydrogens (tertiary/aromatic N) is 3. The number of rotatable bonds is 5. The Kier molecular flexibility index (Phi) is 7.71. The van der Waals surface area contributed by atoms with E-state index < -0.39 is 11.7 Å². The van der Waals surface area contributed by atoms with Crippen LogP contribution in [-0.2, 0) is 12.7 Å². The van der Waals surface area contributed by atoms with Crippen LogP contribution in [-0.4, -0.2) is 69.1 Å². The Morgan fingerprint density at radius 2 is 1.96 bits per heavy atom. The summed E-state index contributed by atoms with van der Waals surface area (Å²) in [5.41, 5.74) is -0.0655. The number of hydrogen-bond donors (Lipinski definition) is 2. The molecule has 0 radical (unpaired) electrons.